The third kappa shape index (κ3) is 4.85. The zero-order chi connectivity index (χ0) is 23.5. The van der Waals surface area contributed by atoms with Gasteiger partial charge < -0.3 is 23.4 Å². The number of nitrogens with zero attached hydrogens (tertiary/aromatic N) is 3. The number of hydrogen-bond donors (Lipinski definition) is 1. The molecular weight excluding hydrogens is 455 g/mol. The number of aryl methyl sites for hydroxylation is 1. The van der Waals surface area contributed by atoms with Crippen LogP contribution in [0.2, 0.25) is 0 Å². The molecule has 4 aromatic rings. The molecule has 1 aromatic heterocycles. The number of rotatable bonds is 6. The van der Waals surface area contributed by atoms with Gasteiger partial charge in [-0.2, -0.15) is 10.6 Å². The van der Waals surface area contributed by atoms with Gasteiger partial charge in [0.25, 0.3) is 0 Å². The van der Waals surface area contributed by atoms with Crippen LogP contribution in [-0.4, -0.2) is 29.3 Å². The highest BCUT2D eigenvalue weighted by atomic mass is 32.2. The third-order valence-corrected chi connectivity index (χ3v) is 6.48. The fourth-order valence-corrected chi connectivity index (χ4v) is 4.61. The van der Waals surface area contributed by atoms with Crippen molar-refractivity contribution in [3.8, 4) is 5.75 Å². The maximum atomic E-state index is 13.9. The predicted molar refractivity (Wildman–Crippen MR) is 129 cm³/mol. The maximum Gasteiger partial charge on any atom is 0.146 e. The van der Waals surface area contributed by atoms with Crippen LogP contribution in [0.4, 0.5) is 21.6 Å². The SMILES string of the molecule is Cc1cc(N=[S-](=O)c2ccccc2)cc2ncnc(Nc3ccc(F)cc3OC3CCOC3)c12. The topological polar surface area (TPSA) is 85.7 Å². The predicted octanol–water partition coefficient (Wildman–Crippen LogP) is 5.83. The van der Waals surface area contributed by atoms with Crippen molar-refractivity contribution in [2.75, 3.05) is 18.5 Å². The van der Waals surface area contributed by atoms with E-state index in [0.717, 1.165) is 17.4 Å². The number of nitrogens with one attached hydrogen (secondary N) is 1. The Bertz CT molecular complexity index is 1420. The minimum absolute atomic E-state index is 0.124. The van der Waals surface area contributed by atoms with Crippen LogP contribution in [-0.2, 0) is 19.5 Å². The third-order valence-electron chi connectivity index (χ3n) is 5.43. The molecule has 7 nitrogen and oxygen atoms in total. The van der Waals surface area contributed by atoms with Gasteiger partial charge in [0.05, 0.1) is 24.4 Å². The Labute approximate surface area is 198 Å². The first kappa shape index (κ1) is 22.2. The van der Waals surface area contributed by atoms with E-state index in [9.17, 15) is 8.60 Å². The molecule has 1 aliphatic rings. The van der Waals surface area contributed by atoms with Crippen molar-refractivity contribution >= 4 is 38.7 Å². The number of ether oxygens (including phenoxy) is 2. The molecule has 5 rings (SSSR count). The zero-order valence-corrected chi connectivity index (χ0v) is 19.2. The van der Waals surface area contributed by atoms with Crippen LogP contribution >= 0.6 is 0 Å². The van der Waals surface area contributed by atoms with E-state index in [4.69, 9.17) is 9.47 Å². The summed E-state index contributed by atoms with van der Waals surface area (Å²) in [7, 11) is -1.53. The first-order chi connectivity index (χ1) is 16.6. The number of aromatic nitrogens is 2. The van der Waals surface area contributed by atoms with Crippen molar-refractivity contribution in [2.24, 2.45) is 4.36 Å². The van der Waals surface area contributed by atoms with Crippen molar-refractivity contribution in [2.45, 2.75) is 24.3 Å². The van der Waals surface area contributed by atoms with Gasteiger partial charge in [-0.15, -0.1) is 0 Å². The zero-order valence-electron chi connectivity index (χ0n) is 18.4. The highest BCUT2D eigenvalue weighted by Gasteiger charge is 2.20. The fourth-order valence-electron chi connectivity index (χ4n) is 3.82. The molecule has 9 heteroatoms. The molecule has 3 aromatic carbocycles. The van der Waals surface area contributed by atoms with E-state index in [1.807, 2.05) is 31.2 Å². The average Bonchev–Trinajstić information content (AvgIpc) is 3.34. The molecule has 0 bridgehead atoms. The standard InChI is InChI=1S/C25H22FN4O3S/c1-16-11-18(30-34(31)20-5-3-2-4-6-20)13-22-24(16)25(28-15-27-22)29-21-8-7-17(26)12-23(21)33-19-9-10-32-14-19/h2-8,11-13,15,19H,9-10,14H2,1H3,(H,27,28,29)/q-1. The van der Waals surface area contributed by atoms with Crippen LogP contribution in [0.1, 0.15) is 12.0 Å². The molecular formula is C25H22FN4O3S-. The van der Waals surface area contributed by atoms with E-state index in [1.54, 1.807) is 24.3 Å². The van der Waals surface area contributed by atoms with E-state index in [0.29, 0.717) is 46.6 Å². The van der Waals surface area contributed by atoms with Crippen molar-refractivity contribution in [3.05, 3.63) is 78.4 Å². The summed E-state index contributed by atoms with van der Waals surface area (Å²) in [4.78, 5) is 9.42. The fraction of sp³-hybridized carbons (Fsp3) is 0.200. The second kappa shape index (κ2) is 9.74. The van der Waals surface area contributed by atoms with E-state index in [-0.39, 0.29) is 11.9 Å². The van der Waals surface area contributed by atoms with Gasteiger partial charge in [-0.1, -0.05) is 35.2 Å². The van der Waals surface area contributed by atoms with Gasteiger partial charge >= 0.3 is 0 Å². The molecule has 0 saturated carbocycles. The Hall–Kier alpha value is -3.56. The quantitative estimate of drug-likeness (QED) is 0.352. The van der Waals surface area contributed by atoms with Crippen LogP contribution < -0.4 is 10.1 Å². The molecule has 1 atom stereocenters. The van der Waals surface area contributed by atoms with Gasteiger partial charge in [0.15, 0.2) is 0 Å². The van der Waals surface area contributed by atoms with E-state index in [2.05, 4.69) is 19.6 Å². The number of fused-ring (bicyclic) bond motifs is 1. The minimum atomic E-state index is -1.53. The molecule has 1 saturated heterocycles. The summed E-state index contributed by atoms with van der Waals surface area (Å²) in [6, 6.07) is 17.0. The lowest BCUT2D eigenvalue weighted by Gasteiger charge is -2.17. The lowest BCUT2D eigenvalue weighted by atomic mass is 10.1. The first-order valence-electron chi connectivity index (χ1n) is 10.8. The van der Waals surface area contributed by atoms with Crippen molar-refractivity contribution in [3.63, 3.8) is 0 Å². The molecule has 1 unspecified atom stereocenters. The molecule has 0 spiro atoms. The van der Waals surface area contributed by atoms with Gasteiger partial charge in [-0.05, 0) is 36.8 Å². The molecule has 174 valence electrons. The summed E-state index contributed by atoms with van der Waals surface area (Å²) in [5, 5.41) is 4.05. The van der Waals surface area contributed by atoms with Gasteiger partial charge in [0.2, 0.25) is 0 Å². The molecule has 1 fully saturated rings. The Morgan fingerprint density at radius 3 is 2.79 bits per heavy atom. The second-order valence-electron chi connectivity index (χ2n) is 7.90. The Balaban J connectivity index is 1.49. The van der Waals surface area contributed by atoms with E-state index >= 15 is 0 Å². The average molecular weight is 478 g/mol. The van der Waals surface area contributed by atoms with Crippen molar-refractivity contribution < 1.29 is 18.1 Å². The molecule has 2 heterocycles. The van der Waals surface area contributed by atoms with Gasteiger partial charge in [0.1, 0.15) is 29.8 Å². The summed E-state index contributed by atoms with van der Waals surface area (Å²) in [5.74, 6) is 0.558. The highest BCUT2D eigenvalue weighted by molar-refractivity contribution is 7.75. The molecule has 1 N–H and O–H groups in total. The van der Waals surface area contributed by atoms with Crippen molar-refractivity contribution in [1.82, 2.24) is 9.97 Å². The van der Waals surface area contributed by atoms with Crippen LogP contribution in [0.25, 0.3) is 10.9 Å². The van der Waals surface area contributed by atoms with E-state index < -0.39 is 10.6 Å². The van der Waals surface area contributed by atoms with Crippen LogP contribution in [0.15, 0.2) is 76.2 Å². The summed E-state index contributed by atoms with van der Waals surface area (Å²) in [6.45, 7) is 3.02. The summed E-state index contributed by atoms with van der Waals surface area (Å²) < 4.78 is 42.3. The van der Waals surface area contributed by atoms with Crippen LogP contribution in [0.5, 0.6) is 5.75 Å². The number of benzene rings is 3. The molecule has 1 aliphatic heterocycles. The second-order valence-corrected chi connectivity index (χ2v) is 9.05. The first-order valence-corrected chi connectivity index (χ1v) is 11.9. The summed E-state index contributed by atoms with van der Waals surface area (Å²) in [5.41, 5.74) is 2.66. The van der Waals surface area contributed by atoms with Gasteiger partial charge in [0, 0.05) is 23.6 Å². The maximum absolute atomic E-state index is 13.9. The Morgan fingerprint density at radius 1 is 1.15 bits per heavy atom. The summed E-state index contributed by atoms with van der Waals surface area (Å²) in [6.07, 6.45) is 2.07. The lowest BCUT2D eigenvalue weighted by Crippen LogP contribution is -2.16. The summed E-state index contributed by atoms with van der Waals surface area (Å²) >= 11 is 0. The Kier molecular flexibility index (Phi) is 6.37. The number of halogens is 1. The van der Waals surface area contributed by atoms with Crippen LogP contribution in [0, 0.1) is 12.7 Å². The minimum Gasteiger partial charge on any atom is -0.486 e. The van der Waals surface area contributed by atoms with Crippen LogP contribution in [0.3, 0.4) is 0 Å². The molecule has 0 radical (unpaired) electrons. The number of hydrogen-bond acceptors (Lipinski definition) is 8. The normalized spacial score (nSPS) is 16.6. The highest BCUT2D eigenvalue weighted by Crippen LogP contribution is 2.34. The molecule has 34 heavy (non-hydrogen) atoms. The molecule has 0 amide bonds. The van der Waals surface area contributed by atoms with Gasteiger partial charge in [-0.3, -0.25) is 0 Å². The van der Waals surface area contributed by atoms with E-state index in [1.165, 1.54) is 18.5 Å². The molecule has 0 aliphatic carbocycles. The lowest BCUT2D eigenvalue weighted by molar-refractivity contribution is 0.141. The van der Waals surface area contributed by atoms with Crippen molar-refractivity contribution in [1.29, 1.82) is 0 Å². The Morgan fingerprint density at radius 2 is 2.00 bits per heavy atom. The number of anilines is 2. The largest absolute Gasteiger partial charge is 0.486 e. The smallest absolute Gasteiger partial charge is 0.146 e. The monoisotopic (exact) mass is 477 g/mol. The van der Waals surface area contributed by atoms with Gasteiger partial charge in [-0.25, -0.2) is 14.4 Å².